The lowest BCUT2D eigenvalue weighted by Gasteiger charge is -2.12. The number of methoxy groups -OCH3 is 3. The van der Waals surface area contributed by atoms with Gasteiger partial charge in [-0.1, -0.05) is 11.8 Å². The molecular weight excluding hydrogens is 350 g/mol. The van der Waals surface area contributed by atoms with Gasteiger partial charge in [0.05, 0.1) is 34.0 Å². The predicted molar refractivity (Wildman–Crippen MR) is 92.9 cm³/mol. The van der Waals surface area contributed by atoms with Crippen molar-refractivity contribution < 1.29 is 28.9 Å². The molecule has 0 saturated carbocycles. The zero-order valence-electron chi connectivity index (χ0n) is 13.8. The summed E-state index contributed by atoms with van der Waals surface area (Å²) < 4.78 is 15.7. The highest BCUT2D eigenvalue weighted by Gasteiger charge is 2.32. The van der Waals surface area contributed by atoms with Crippen molar-refractivity contribution >= 4 is 35.0 Å². The van der Waals surface area contributed by atoms with Gasteiger partial charge in [-0.15, -0.1) is 5.10 Å². The summed E-state index contributed by atoms with van der Waals surface area (Å²) in [7, 11) is 4.52. The molecule has 134 valence electrons. The Bertz CT molecular complexity index is 709. The van der Waals surface area contributed by atoms with Crippen molar-refractivity contribution in [1.29, 1.82) is 0 Å². The van der Waals surface area contributed by atoms with E-state index in [4.69, 9.17) is 19.3 Å². The third-order valence-electron chi connectivity index (χ3n) is 3.18. The number of carboxylic acid groups (broad SMARTS) is 1. The van der Waals surface area contributed by atoms with Crippen LogP contribution >= 0.6 is 11.8 Å². The molecule has 1 fully saturated rings. The van der Waals surface area contributed by atoms with E-state index in [2.05, 4.69) is 15.5 Å². The Balaban J connectivity index is 2.14. The summed E-state index contributed by atoms with van der Waals surface area (Å²) in [5.41, 5.74) is 0.648. The molecule has 1 atom stereocenters. The van der Waals surface area contributed by atoms with Crippen LogP contribution in [-0.4, -0.2) is 54.9 Å². The summed E-state index contributed by atoms with van der Waals surface area (Å²) in [4.78, 5) is 22.3. The third-order valence-corrected chi connectivity index (χ3v) is 4.25. The fourth-order valence-electron chi connectivity index (χ4n) is 2.07. The van der Waals surface area contributed by atoms with Crippen LogP contribution in [0.2, 0.25) is 0 Å². The van der Waals surface area contributed by atoms with Crippen molar-refractivity contribution in [3.05, 3.63) is 17.7 Å². The van der Waals surface area contributed by atoms with Crippen molar-refractivity contribution in [2.24, 2.45) is 10.2 Å². The minimum Gasteiger partial charge on any atom is -0.493 e. The van der Waals surface area contributed by atoms with Gasteiger partial charge in [0.2, 0.25) is 11.7 Å². The van der Waals surface area contributed by atoms with Gasteiger partial charge in [0.15, 0.2) is 16.7 Å². The van der Waals surface area contributed by atoms with E-state index in [-0.39, 0.29) is 11.6 Å². The lowest BCUT2D eigenvalue weighted by molar-refractivity contribution is -0.138. The number of carbonyl (C=O) groups is 2. The number of carboxylic acids is 1. The van der Waals surface area contributed by atoms with Gasteiger partial charge in [-0.3, -0.25) is 9.59 Å². The Morgan fingerprint density at radius 1 is 1.28 bits per heavy atom. The van der Waals surface area contributed by atoms with Crippen molar-refractivity contribution in [2.75, 3.05) is 21.3 Å². The molecule has 1 aromatic rings. The lowest BCUT2D eigenvalue weighted by Crippen LogP contribution is -2.26. The number of aliphatic carboxylic acids is 1. The molecule has 0 bridgehead atoms. The van der Waals surface area contributed by atoms with Crippen LogP contribution in [0.15, 0.2) is 22.3 Å². The predicted octanol–water partition coefficient (Wildman–Crippen LogP) is 1.11. The summed E-state index contributed by atoms with van der Waals surface area (Å²) in [5.74, 6) is -0.0328. The van der Waals surface area contributed by atoms with Gasteiger partial charge in [0.25, 0.3) is 0 Å². The van der Waals surface area contributed by atoms with E-state index in [1.165, 1.54) is 27.5 Å². The second kappa shape index (κ2) is 8.38. The molecule has 25 heavy (non-hydrogen) atoms. The largest absolute Gasteiger partial charge is 0.493 e. The fraction of sp³-hybridized carbons (Fsp3) is 0.333. The molecule has 0 spiro atoms. The maximum absolute atomic E-state index is 11.6. The van der Waals surface area contributed by atoms with Gasteiger partial charge in [-0.2, -0.15) is 5.10 Å². The number of nitrogens with zero attached hydrogens (tertiary/aromatic N) is 2. The van der Waals surface area contributed by atoms with Crippen LogP contribution in [-0.2, 0) is 9.59 Å². The van der Waals surface area contributed by atoms with E-state index >= 15 is 0 Å². The molecule has 1 aliphatic heterocycles. The minimum absolute atomic E-state index is 0.250. The quantitative estimate of drug-likeness (QED) is 0.547. The highest BCUT2D eigenvalue weighted by atomic mass is 32.2. The Kier molecular flexibility index (Phi) is 6.23. The Labute approximate surface area is 148 Å². The average molecular weight is 367 g/mol. The van der Waals surface area contributed by atoms with Crippen LogP contribution in [0.1, 0.15) is 12.0 Å². The number of benzene rings is 1. The Hall–Kier alpha value is -2.75. The van der Waals surface area contributed by atoms with Gasteiger partial charge in [0.1, 0.15) is 5.25 Å². The van der Waals surface area contributed by atoms with Crippen molar-refractivity contribution in [3.8, 4) is 17.2 Å². The SMILES string of the molecule is COc1cc(/C=N\N=C2/NC(=O)C(CC(=O)O)S2)cc(OC)c1OC. The number of nitrogens with one attached hydrogen (secondary N) is 1. The molecule has 1 amide bonds. The van der Waals surface area contributed by atoms with Gasteiger partial charge in [-0.05, 0) is 12.1 Å². The maximum Gasteiger partial charge on any atom is 0.305 e. The molecule has 1 aromatic carbocycles. The van der Waals surface area contributed by atoms with Crippen molar-refractivity contribution in [3.63, 3.8) is 0 Å². The smallest absolute Gasteiger partial charge is 0.305 e. The third kappa shape index (κ3) is 4.63. The monoisotopic (exact) mass is 367 g/mol. The highest BCUT2D eigenvalue weighted by molar-refractivity contribution is 8.15. The van der Waals surface area contributed by atoms with Gasteiger partial charge in [-0.25, -0.2) is 0 Å². The second-order valence-electron chi connectivity index (χ2n) is 4.80. The molecule has 9 nitrogen and oxygen atoms in total. The zero-order valence-corrected chi connectivity index (χ0v) is 14.6. The molecule has 0 radical (unpaired) electrons. The molecule has 2 N–H and O–H groups in total. The standard InChI is InChI=1S/C15H17N3O6S/c1-22-9-4-8(5-10(23-2)13(9)24-3)7-16-18-15-17-14(21)11(25-15)6-12(19)20/h4-5,7,11H,6H2,1-3H3,(H,19,20)(H,17,18,21)/b16-7-. The van der Waals surface area contributed by atoms with Crippen LogP contribution in [0.5, 0.6) is 17.2 Å². The average Bonchev–Trinajstić information content (AvgIpc) is 2.92. The summed E-state index contributed by atoms with van der Waals surface area (Å²) in [5, 5.41) is 18.6. The summed E-state index contributed by atoms with van der Waals surface area (Å²) in [6.07, 6.45) is 1.18. The van der Waals surface area contributed by atoms with Gasteiger partial charge >= 0.3 is 5.97 Å². The van der Waals surface area contributed by atoms with E-state index in [1.807, 2.05) is 0 Å². The molecule has 1 saturated heterocycles. The summed E-state index contributed by atoms with van der Waals surface area (Å²) in [6, 6.07) is 3.39. The first-order valence-corrected chi connectivity index (χ1v) is 7.96. The molecule has 0 aromatic heterocycles. The van der Waals surface area contributed by atoms with E-state index in [0.29, 0.717) is 22.8 Å². The number of ether oxygens (including phenoxy) is 3. The number of carbonyl (C=O) groups excluding carboxylic acids is 1. The number of thioether (sulfide) groups is 1. The molecule has 1 unspecified atom stereocenters. The number of hydrogen-bond donors (Lipinski definition) is 2. The molecule has 1 heterocycles. The number of hydrogen-bond acceptors (Lipinski definition) is 8. The summed E-state index contributed by atoms with van der Waals surface area (Å²) in [6.45, 7) is 0. The molecule has 10 heteroatoms. The maximum atomic E-state index is 11.6. The fourth-order valence-corrected chi connectivity index (χ4v) is 2.98. The molecule has 0 aliphatic carbocycles. The number of amidine groups is 1. The van der Waals surface area contributed by atoms with Crippen molar-refractivity contribution in [1.82, 2.24) is 5.32 Å². The molecule has 2 rings (SSSR count). The lowest BCUT2D eigenvalue weighted by atomic mass is 10.2. The zero-order chi connectivity index (χ0) is 18.4. The van der Waals surface area contributed by atoms with Gasteiger partial charge in [0, 0.05) is 5.56 Å². The highest BCUT2D eigenvalue weighted by Crippen LogP contribution is 2.37. The van der Waals surface area contributed by atoms with E-state index < -0.39 is 17.1 Å². The van der Waals surface area contributed by atoms with Crippen LogP contribution < -0.4 is 19.5 Å². The summed E-state index contributed by atoms with van der Waals surface area (Å²) >= 11 is 1.03. The van der Waals surface area contributed by atoms with E-state index in [9.17, 15) is 9.59 Å². The first-order valence-electron chi connectivity index (χ1n) is 7.08. The Morgan fingerprint density at radius 3 is 2.44 bits per heavy atom. The van der Waals surface area contributed by atoms with E-state index in [0.717, 1.165) is 11.8 Å². The Morgan fingerprint density at radius 2 is 1.92 bits per heavy atom. The molecular formula is C15H17N3O6S. The first-order chi connectivity index (χ1) is 12.0. The first kappa shape index (κ1) is 18.6. The van der Waals surface area contributed by atoms with Crippen LogP contribution in [0.25, 0.3) is 0 Å². The molecule has 1 aliphatic rings. The van der Waals surface area contributed by atoms with Crippen LogP contribution in [0.3, 0.4) is 0 Å². The van der Waals surface area contributed by atoms with Crippen LogP contribution in [0.4, 0.5) is 0 Å². The van der Waals surface area contributed by atoms with Crippen LogP contribution in [0, 0.1) is 0 Å². The van der Waals surface area contributed by atoms with Gasteiger partial charge < -0.3 is 24.6 Å². The number of rotatable bonds is 7. The minimum atomic E-state index is -1.05. The van der Waals surface area contributed by atoms with E-state index in [1.54, 1.807) is 12.1 Å². The van der Waals surface area contributed by atoms with Crippen molar-refractivity contribution in [2.45, 2.75) is 11.7 Å². The normalized spacial score (nSPS) is 18.4. The second-order valence-corrected chi connectivity index (χ2v) is 5.99. The topological polar surface area (TPSA) is 119 Å². The number of amides is 1.